The van der Waals surface area contributed by atoms with Crippen LogP contribution in [0.5, 0.6) is 0 Å². The molecule has 5 rings (SSSR count). The molecule has 4 nitrogen and oxygen atoms in total. The zero-order valence-corrected chi connectivity index (χ0v) is 20.0. The molecule has 1 aliphatic rings. The summed E-state index contributed by atoms with van der Waals surface area (Å²) in [5, 5.41) is 7.75. The second-order valence-corrected chi connectivity index (χ2v) is 8.45. The molecule has 0 aromatic heterocycles. The van der Waals surface area contributed by atoms with Crippen molar-refractivity contribution >= 4 is 23.8 Å². The number of hydrogen-bond acceptors (Lipinski definition) is 4. The van der Waals surface area contributed by atoms with Crippen molar-refractivity contribution in [2.75, 3.05) is 13.1 Å². The lowest BCUT2D eigenvalue weighted by molar-refractivity contribution is 0.918. The number of nitrogens with zero attached hydrogens (tertiary/aromatic N) is 2. The number of allylic oxidation sites excluding steroid dienone is 2. The Balaban J connectivity index is 1.32. The molecular formula is C32H28N4. The quantitative estimate of drug-likeness (QED) is 0.236. The summed E-state index contributed by atoms with van der Waals surface area (Å²) in [6, 6.07) is 37.9. The second-order valence-electron chi connectivity index (χ2n) is 8.45. The molecule has 4 aromatic carbocycles. The zero-order chi connectivity index (χ0) is 24.4. The Morgan fingerprint density at radius 3 is 1.56 bits per heavy atom. The fourth-order valence-electron chi connectivity index (χ4n) is 3.92. The van der Waals surface area contributed by atoms with E-state index in [4.69, 9.17) is 0 Å². The van der Waals surface area contributed by atoms with Gasteiger partial charge in [0.15, 0.2) is 0 Å². The Bertz CT molecular complexity index is 1290. The van der Waals surface area contributed by atoms with Gasteiger partial charge >= 0.3 is 0 Å². The van der Waals surface area contributed by atoms with E-state index in [1.165, 1.54) is 22.3 Å². The summed E-state index contributed by atoms with van der Waals surface area (Å²) in [5.74, 6) is 0.703. The smallest absolute Gasteiger partial charge is 0.212 e. The molecule has 0 spiro atoms. The highest BCUT2D eigenvalue weighted by Crippen LogP contribution is 2.21. The summed E-state index contributed by atoms with van der Waals surface area (Å²) < 4.78 is 0. The maximum atomic E-state index is 4.57. The van der Waals surface area contributed by atoms with Gasteiger partial charge in [-0.15, -0.1) is 0 Å². The number of rotatable bonds is 7. The molecule has 0 aliphatic carbocycles. The van der Waals surface area contributed by atoms with E-state index >= 15 is 0 Å². The van der Waals surface area contributed by atoms with Gasteiger partial charge in [0, 0.05) is 6.54 Å². The van der Waals surface area contributed by atoms with E-state index < -0.39 is 0 Å². The molecule has 0 amide bonds. The van der Waals surface area contributed by atoms with Crippen molar-refractivity contribution in [1.82, 2.24) is 10.7 Å². The van der Waals surface area contributed by atoms with E-state index in [1.54, 1.807) is 0 Å². The van der Waals surface area contributed by atoms with Crippen molar-refractivity contribution in [3.05, 3.63) is 132 Å². The second kappa shape index (κ2) is 11.6. The maximum Gasteiger partial charge on any atom is 0.212 e. The lowest BCUT2D eigenvalue weighted by atomic mass is 10.0. The van der Waals surface area contributed by atoms with E-state index in [2.05, 4.69) is 130 Å². The van der Waals surface area contributed by atoms with Gasteiger partial charge in [-0.25, -0.2) is 10.4 Å². The Morgan fingerprint density at radius 1 is 0.639 bits per heavy atom. The highest BCUT2D eigenvalue weighted by molar-refractivity contribution is 6.09. The van der Waals surface area contributed by atoms with Gasteiger partial charge in [0.2, 0.25) is 5.96 Å². The van der Waals surface area contributed by atoms with Crippen LogP contribution in [0.1, 0.15) is 11.1 Å². The van der Waals surface area contributed by atoms with Crippen LogP contribution in [0.15, 0.2) is 131 Å². The first-order valence-corrected chi connectivity index (χ1v) is 12.1. The molecule has 0 fully saturated rings. The van der Waals surface area contributed by atoms with Crippen LogP contribution in [0.25, 0.3) is 34.4 Å². The molecular weight excluding hydrogens is 440 g/mol. The Kier molecular flexibility index (Phi) is 7.45. The SMILES string of the molecule is C(=Cc1ccc(-c2ccccc2)cc1)C(C=Cc1ccc(-c2ccccc2)cc1)=NNC1=NCCN1. The van der Waals surface area contributed by atoms with Crippen molar-refractivity contribution in [2.24, 2.45) is 10.1 Å². The predicted octanol–water partition coefficient (Wildman–Crippen LogP) is 6.65. The molecule has 1 heterocycles. The predicted molar refractivity (Wildman–Crippen MR) is 153 cm³/mol. The van der Waals surface area contributed by atoms with Crippen LogP contribution in [-0.2, 0) is 0 Å². The highest BCUT2D eigenvalue weighted by atomic mass is 15.4. The van der Waals surface area contributed by atoms with Crippen LogP contribution >= 0.6 is 0 Å². The third-order valence-electron chi connectivity index (χ3n) is 5.89. The molecule has 0 radical (unpaired) electrons. The van der Waals surface area contributed by atoms with E-state index in [-0.39, 0.29) is 0 Å². The van der Waals surface area contributed by atoms with Crippen molar-refractivity contribution in [3.8, 4) is 22.3 Å². The van der Waals surface area contributed by atoms with Gasteiger partial charge in [0.05, 0.1) is 12.3 Å². The first-order chi connectivity index (χ1) is 17.8. The first kappa shape index (κ1) is 23.1. The lowest BCUT2D eigenvalue weighted by Crippen LogP contribution is -2.30. The fourth-order valence-corrected chi connectivity index (χ4v) is 3.92. The van der Waals surface area contributed by atoms with E-state index in [1.807, 2.05) is 24.3 Å². The van der Waals surface area contributed by atoms with Gasteiger partial charge in [-0.2, -0.15) is 5.10 Å². The molecule has 0 saturated carbocycles. The lowest BCUT2D eigenvalue weighted by Gasteiger charge is -2.03. The van der Waals surface area contributed by atoms with Crippen LogP contribution < -0.4 is 10.7 Å². The van der Waals surface area contributed by atoms with Crippen molar-refractivity contribution in [3.63, 3.8) is 0 Å². The molecule has 0 atom stereocenters. The van der Waals surface area contributed by atoms with Crippen LogP contribution in [0.3, 0.4) is 0 Å². The van der Waals surface area contributed by atoms with Crippen molar-refractivity contribution in [2.45, 2.75) is 0 Å². The number of aliphatic imine (C=N–C) groups is 1. The van der Waals surface area contributed by atoms with Gasteiger partial charge in [-0.05, 0) is 45.5 Å². The topological polar surface area (TPSA) is 48.8 Å². The minimum atomic E-state index is 0.703. The average molecular weight is 469 g/mol. The van der Waals surface area contributed by atoms with Crippen LogP contribution in [-0.4, -0.2) is 24.8 Å². The van der Waals surface area contributed by atoms with Crippen LogP contribution in [0, 0.1) is 0 Å². The van der Waals surface area contributed by atoms with Crippen molar-refractivity contribution < 1.29 is 0 Å². The number of nitrogens with one attached hydrogen (secondary N) is 2. The van der Waals surface area contributed by atoms with Gasteiger partial charge < -0.3 is 5.32 Å². The number of benzene rings is 4. The van der Waals surface area contributed by atoms with Gasteiger partial charge in [0.25, 0.3) is 0 Å². The third-order valence-corrected chi connectivity index (χ3v) is 5.89. The molecule has 36 heavy (non-hydrogen) atoms. The molecule has 176 valence electrons. The number of guanidine groups is 1. The normalized spacial score (nSPS) is 12.9. The summed E-state index contributed by atoms with van der Waals surface area (Å²) in [4.78, 5) is 4.36. The minimum absolute atomic E-state index is 0.703. The van der Waals surface area contributed by atoms with E-state index in [0.717, 1.165) is 29.9 Å². The summed E-state index contributed by atoms with van der Waals surface area (Å²) >= 11 is 0. The number of hydrazone groups is 1. The third kappa shape index (κ3) is 6.24. The van der Waals surface area contributed by atoms with Gasteiger partial charge in [-0.3, -0.25) is 0 Å². The average Bonchev–Trinajstić information content (AvgIpc) is 3.48. The molecule has 0 bridgehead atoms. The Morgan fingerprint density at radius 2 is 1.11 bits per heavy atom. The highest BCUT2D eigenvalue weighted by Gasteiger charge is 2.03. The molecule has 1 aliphatic heterocycles. The maximum absolute atomic E-state index is 4.57. The van der Waals surface area contributed by atoms with Crippen LogP contribution in [0.2, 0.25) is 0 Å². The summed E-state index contributed by atoms with van der Waals surface area (Å²) in [6.45, 7) is 1.60. The summed E-state index contributed by atoms with van der Waals surface area (Å²) in [7, 11) is 0. The minimum Gasteiger partial charge on any atom is -0.353 e. The largest absolute Gasteiger partial charge is 0.353 e. The molecule has 0 saturated heterocycles. The zero-order valence-electron chi connectivity index (χ0n) is 20.0. The molecule has 4 heteroatoms. The molecule has 4 aromatic rings. The van der Waals surface area contributed by atoms with Crippen LogP contribution in [0.4, 0.5) is 0 Å². The van der Waals surface area contributed by atoms with Crippen molar-refractivity contribution in [1.29, 1.82) is 0 Å². The summed E-state index contributed by atoms with van der Waals surface area (Å²) in [5.41, 5.74) is 10.9. The van der Waals surface area contributed by atoms with E-state index in [9.17, 15) is 0 Å². The van der Waals surface area contributed by atoms with E-state index in [0.29, 0.717) is 5.96 Å². The Hall–Kier alpha value is -4.70. The number of hydrogen-bond donors (Lipinski definition) is 2. The molecule has 2 N–H and O–H groups in total. The fraction of sp³-hybridized carbons (Fsp3) is 0.0625. The van der Waals surface area contributed by atoms with Gasteiger partial charge in [0.1, 0.15) is 0 Å². The summed E-state index contributed by atoms with van der Waals surface area (Å²) in [6.07, 6.45) is 8.16. The standard InChI is InChI=1S/C32H28N4/c1-3-7-27(8-4-1)29-17-11-25(12-18-29)15-21-31(35-36-32-33-23-24-34-32)22-16-26-13-19-30(20-14-26)28-9-5-2-6-10-28/h1-22H,23-24H2,(H2,33,34,36). The van der Waals surface area contributed by atoms with Gasteiger partial charge in [-0.1, -0.05) is 121 Å². The monoisotopic (exact) mass is 468 g/mol. The Labute approximate surface area is 212 Å². The molecule has 0 unspecified atom stereocenters. The first-order valence-electron chi connectivity index (χ1n) is 12.1.